The molecule has 1 aliphatic heterocycles. The minimum Gasteiger partial charge on any atom is -0.324 e. The summed E-state index contributed by atoms with van der Waals surface area (Å²) in [6, 6.07) is -0.356. The van der Waals surface area contributed by atoms with Gasteiger partial charge in [-0.05, 0) is 0 Å². The maximum absolute atomic E-state index is 12.8. The Balaban J connectivity index is 1.87. The van der Waals surface area contributed by atoms with Gasteiger partial charge in [0.05, 0.1) is 0 Å². The molecule has 0 radical (unpaired) electrons. The second-order valence-corrected chi connectivity index (χ2v) is 4.50. The molecule has 0 bridgehead atoms. The lowest BCUT2D eigenvalue weighted by molar-refractivity contribution is -0.0461. The van der Waals surface area contributed by atoms with Gasteiger partial charge in [-0.15, -0.1) is 11.3 Å². The molecule has 7 heteroatoms. The van der Waals surface area contributed by atoms with E-state index >= 15 is 0 Å². The highest BCUT2D eigenvalue weighted by atomic mass is 32.1. The summed E-state index contributed by atoms with van der Waals surface area (Å²) in [5.74, 6) is -2.63. The van der Waals surface area contributed by atoms with Crippen molar-refractivity contribution < 1.29 is 13.6 Å². The highest BCUT2D eigenvalue weighted by Crippen LogP contribution is 2.27. The van der Waals surface area contributed by atoms with Crippen LogP contribution in [0.3, 0.4) is 0 Å². The molecule has 2 heterocycles. The fraction of sp³-hybridized carbons (Fsp3) is 0.556. The van der Waals surface area contributed by atoms with Gasteiger partial charge in [0.1, 0.15) is 0 Å². The molecule has 0 saturated carbocycles. The number of hydrogen-bond acceptors (Lipinski definition) is 3. The normalized spacial score (nSPS) is 19.5. The maximum atomic E-state index is 12.8. The van der Waals surface area contributed by atoms with Crippen molar-refractivity contribution in [1.82, 2.24) is 9.88 Å². The van der Waals surface area contributed by atoms with Crippen molar-refractivity contribution in [3.8, 4) is 0 Å². The van der Waals surface area contributed by atoms with Crippen molar-refractivity contribution in [2.24, 2.45) is 0 Å². The lowest BCUT2D eigenvalue weighted by Gasteiger charge is -2.31. The summed E-state index contributed by atoms with van der Waals surface area (Å²) >= 11 is 1.30. The zero-order valence-electron chi connectivity index (χ0n) is 8.45. The monoisotopic (exact) mass is 247 g/mol. The number of nitrogens with one attached hydrogen (secondary N) is 1. The Morgan fingerprint density at radius 1 is 1.50 bits per heavy atom. The third-order valence-electron chi connectivity index (χ3n) is 2.43. The van der Waals surface area contributed by atoms with Crippen LogP contribution in [0.25, 0.3) is 0 Å². The van der Waals surface area contributed by atoms with Crippen LogP contribution in [0.5, 0.6) is 0 Å². The van der Waals surface area contributed by atoms with E-state index in [1.807, 2.05) is 0 Å². The van der Waals surface area contributed by atoms with Crippen molar-refractivity contribution in [3.05, 3.63) is 11.6 Å². The Bertz CT molecular complexity index is 359. The minimum atomic E-state index is -2.63. The first-order valence-electron chi connectivity index (χ1n) is 4.90. The number of carbonyl (C=O) groups excluding carboxylic acids is 1. The van der Waals surface area contributed by atoms with E-state index in [9.17, 15) is 13.6 Å². The van der Waals surface area contributed by atoms with Gasteiger partial charge in [-0.2, -0.15) is 0 Å². The third kappa shape index (κ3) is 2.66. The number of carbonyl (C=O) groups is 1. The first-order valence-corrected chi connectivity index (χ1v) is 5.78. The topological polar surface area (TPSA) is 45.2 Å². The van der Waals surface area contributed by atoms with E-state index in [2.05, 4.69) is 10.3 Å². The molecule has 16 heavy (non-hydrogen) atoms. The van der Waals surface area contributed by atoms with Gasteiger partial charge >= 0.3 is 6.03 Å². The molecule has 0 aromatic carbocycles. The number of halogens is 2. The number of piperidine rings is 1. The predicted molar refractivity (Wildman–Crippen MR) is 56.9 cm³/mol. The zero-order chi connectivity index (χ0) is 11.6. The number of nitrogens with zero attached hydrogens (tertiary/aromatic N) is 2. The van der Waals surface area contributed by atoms with E-state index < -0.39 is 5.92 Å². The van der Waals surface area contributed by atoms with E-state index in [4.69, 9.17) is 0 Å². The van der Waals surface area contributed by atoms with Crippen LogP contribution in [0.4, 0.5) is 18.7 Å². The van der Waals surface area contributed by atoms with Crippen molar-refractivity contribution >= 4 is 22.5 Å². The van der Waals surface area contributed by atoms with Gasteiger partial charge < -0.3 is 4.90 Å². The number of rotatable bonds is 1. The molecule has 0 unspecified atom stereocenters. The summed E-state index contributed by atoms with van der Waals surface area (Å²) in [6.45, 7) is 0.175. The summed E-state index contributed by atoms with van der Waals surface area (Å²) in [5.41, 5.74) is 0. The number of urea groups is 1. The van der Waals surface area contributed by atoms with Crippen LogP contribution in [0.2, 0.25) is 0 Å². The summed E-state index contributed by atoms with van der Waals surface area (Å²) < 4.78 is 25.7. The molecular formula is C9H11F2N3OS. The standard InChI is InChI=1S/C9H11F2N3OS/c10-9(11)1-4-14(5-2-9)8(15)13-7-12-3-6-16-7/h3,6H,1-2,4-5H2,(H,12,13,15). The van der Waals surface area contributed by atoms with E-state index in [0.717, 1.165) is 0 Å². The van der Waals surface area contributed by atoms with Crippen LogP contribution in [-0.2, 0) is 0 Å². The molecule has 2 rings (SSSR count). The average Bonchev–Trinajstić information content (AvgIpc) is 2.70. The van der Waals surface area contributed by atoms with Gasteiger partial charge in [-0.1, -0.05) is 0 Å². The van der Waals surface area contributed by atoms with E-state index in [0.29, 0.717) is 5.13 Å². The summed E-state index contributed by atoms with van der Waals surface area (Å²) in [7, 11) is 0. The van der Waals surface area contributed by atoms with Crippen LogP contribution < -0.4 is 5.32 Å². The molecule has 1 N–H and O–H groups in total. The Kier molecular flexibility index (Phi) is 3.04. The maximum Gasteiger partial charge on any atom is 0.323 e. The van der Waals surface area contributed by atoms with E-state index in [1.54, 1.807) is 11.6 Å². The number of anilines is 1. The predicted octanol–water partition coefficient (Wildman–Crippen LogP) is 2.41. The number of thiazole rings is 1. The smallest absolute Gasteiger partial charge is 0.323 e. The molecule has 88 valence electrons. The molecule has 0 spiro atoms. The average molecular weight is 247 g/mol. The quantitative estimate of drug-likeness (QED) is 0.828. The van der Waals surface area contributed by atoms with E-state index in [1.165, 1.54) is 16.2 Å². The molecular weight excluding hydrogens is 236 g/mol. The van der Waals surface area contributed by atoms with Crippen molar-refractivity contribution in [1.29, 1.82) is 0 Å². The van der Waals surface area contributed by atoms with Gasteiger partial charge in [0.2, 0.25) is 0 Å². The van der Waals surface area contributed by atoms with Crippen molar-refractivity contribution in [2.45, 2.75) is 18.8 Å². The van der Waals surface area contributed by atoms with Crippen molar-refractivity contribution in [2.75, 3.05) is 18.4 Å². The van der Waals surface area contributed by atoms with Crippen LogP contribution in [0.15, 0.2) is 11.6 Å². The van der Waals surface area contributed by atoms with Gasteiger partial charge in [0.25, 0.3) is 5.92 Å². The Morgan fingerprint density at radius 3 is 2.75 bits per heavy atom. The molecule has 1 fully saturated rings. The van der Waals surface area contributed by atoms with E-state index in [-0.39, 0.29) is 32.0 Å². The summed E-state index contributed by atoms with van der Waals surface area (Å²) in [4.78, 5) is 16.9. The van der Waals surface area contributed by atoms with Gasteiger partial charge in [0.15, 0.2) is 5.13 Å². The van der Waals surface area contributed by atoms with Gasteiger partial charge in [-0.25, -0.2) is 18.6 Å². The second-order valence-electron chi connectivity index (χ2n) is 3.61. The van der Waals surface area contributed by atoms with Crippen LogP contribution in [0.1, 0.15) is 12.8 Å². The number of alkyl halides is 2. The fourth-order valence-corrected chi connectivity index (χ4v) is 2.01. The first kappa shape index (κ1) is 11.3. The van der Waals surface area contributed by atoms with Crippen LogP contribution in [-0.4, -0.2) is 34.9 Å². The largest absolute Gasteiger partial charge is 0.324 e. The first-order chi connectivity index (χ1) is 7.57. The van der Waals surface area contributed by atoms with Gasteiger partial charge in [-0.3, -0.25) is 5.32 Å². The fourth-order valence-electron chi connectivity index (χ4n) is 1.49. The summed E-state index contributed by atoms with van der Waals surface area (Å²) in [5, 5.41) is 4.79. The molecule has 0 atom stereocenters. The van der Waals surface area contributed by atoms with Gasteiger partial charge in [0, 0.05) is 37.5 Å². The minimum absolute atomic E-state index is 0.0875. The number of amides is 2. The number of aromatic nitrogens is 1. The molecule has 1 aromatic rings. The third-order valence-corrected chi connectivity index (χ3v) is 3.12. The van der Waals surface area contributed by atoms with Crippen molar-refractivity contribution in [3.63, 3.8) is 0 Å². The molecule has 1 aromatic heterocycles. The zero-order valence-corrected chi connectivity index (χ0v) is 9.27. The Labute approximate surface area is 95.3 Å². The molecule has 1 aliphatic rings. The number of likely N-dealkylation sites (tertiary alicyclic amines) is 1. The SMILES string of the molecule is O=C(Nc1nccs1)N1CCC(F)(F)CC1. The van der Waals surface area contributed by atoms with Crippen LogP contribution >= 0.6 is 11.3 Å². The Morgan fingerprint density at radius 2 is 2.19 bits per heavy atom. The highest BCUT2D eigenvalue weighted by molar-refractivity contribution is 7.13. The molecule has 2 amide bonds. The molecule has 1 saturated heterocycles. The Hall–Kier alpha value is -1.24. The summed E-state index contributed by atoms with van der Waals surface area (Å²) in [6.07, 6.45) is 1.04. The molecule has 4 nitrogen and oxygen atoms in total. The molecule has 0 aliphatic carbocycles. The second kappa shape index (κ2) is 4.32. The lowest BCUT2D eigenvalue weighted by Crippen LogP contribution is -2.44. The highest BCUT2D eigenvalue weighted by Gasteiger charge is 2.35. The van der Waals surface area contributed by atoms with Crippen LogP contribution in [0, 0.1) is 0 Å². The number of hydrogen-bond donors (Lipinski definition) is 1. The lowest BCUT2D eigenvalue weighted by atomic mass is 10.1.